The van der Waals surface area contributed by atoms with E-state index < -0.39 is 29.6 Å². The van der Waals surface area contributed by atoms with Crippen LogP contribution in [0.1, 0.15) is 22.4 Å². The highest BCUT2D eigenvalue weighted by Crippen LogP contribution is 2.34. The quantitative estimate of drug-likeness (QED) is 0.223. The summed E-state index contributed by atoms with van der Waals surface area (Å²) in [6, 6.07) is 6.69. The van der Waals surface area contributed by atoms with Crippen molar-refractivity contribution < 1.29 is 30.7 Å². The second-order valence-electron chi connectivity index (χ2n) is 6.51. The predicted octanol–water partition coefficient (Wildman–Crippen LogP) is 5.37. The molecule has 0 N–H and O–H groups in total. The molecule has 0 unspecified atom stereocenters. The van der Waals surface area contributed by atoms with E-state index in [1.165, 1.54) is 6.07 Å². The standard InChI is InChI=1S/C21H9F7N4/c22-18-8-2-12(10-29-18)1-3-14-11-30-32-17(21(26,27)28)9-16(31-19(14)32)13-4-6-15(7-5-13)20(23,24)25/h2,4-11H. The number of rotatable bonds is 1. The summed E-state index contributed by atoms with van der Waals surface area (Å²) < 4.78 is 92.7. The minimum absolute atomic E-state index is 0.0357. The van der Waals surface area contributed by atoms with E-state index in [2.05, 4.69) is 26.9 Å². The molecule has 4 nitrogen and oxygen atoms in total. The van der Waals surface area contributed by atoms with Crippen molar-refractivity contribution in [2.75, 3.05) is 0 Å². The molecule has 3 heterocycles. The van der Waals surface area contributed by atoms with E-state index in [4.69, 9.17) is 0 Å². The molecule has 0 aliphatic carbocycles. The molecule has 0 radical (unpaired) electrons. The van der Waals surface area contributed by atoms with Crippen molar-refractivity contribution >= 4 is 5.65 Å². The van der Waals surface area contributed by atoms with Gasteiger partial charge in [0.2, 0.25) is 5.95 Å². The number of nitrogens with zero attached hydrogens (tertiary/aromatic N) is 4. The molecular formula is C21H9F7N4. The maximum atomic E-state index is 13.6. The molecule has 1 aromatic carbocycles. The highest BCUT2D eigenvalue weighted by molar-refractivity contribution is 5.67. The van der Waals surface area contributed by atoms with Crippen molar-refractivity contribution in [3.05, 3.63) is 83.2 Å². The fourth-order valence-corrected chi connectivity index (χ4v) is 2.82. The summed E-state index contributed by atoms with van der Waals surface area (Å²) in [5.41, 5.74) is -2.16. The Kier molecular flexibility index (Phi) is 5.08. The van der Waals surface area contributed by atoms with Gasteiger partial charge in [0.05, 0.1) is 23.0 Å². The first-order chi connectivity index (χ1) is 15.0. The molecule has 0 aliphatic heterocycles. The molecule has 4 rings (SSSR count). The lowest BCUT2D eigenvalue weighted by Crippen LogP contribution is -2.13. The second-order valence-corrected chi connectivity index (χ2v) is 6.51. The molecule has 3 aromatic heterocycles. The molecule has 0 amide bonds. The van der Waals surface area contributed by atoms with E-state index in [1.54, 1.807) is 0 Å². The van der Waals surface area contributed by atoms with Gasteiger partial charge in [-0.05, 0) is 30.3 Å². The predicted molar refractivity (Wildman–Crippen MR) is 98.6 cm³/mol. The van der Waals surface area contributed by atoms with Crippen molar-refractivity contribution in [2.24, 2.45) is 0 Å². The lowest BCUT2D eigenvalue weighted by Gasteiger charge is -2.12. The molecular weight excluding hydrogens is 441 g/mol. The SMILES string of the molecule is Fc1ccc(C#Cc2cnn3c(C(F)(F)F)cc(-c4ccc(C(F)(F)F)cc4)nc23)cn1. The zero-order valence-corrected chi connectivity index (χ0v) is 15.6. The Labute approximate surface area is 175 Å². The minimum atomic E-state index is -4.82. The Morgan fingerprint density at radius 2 is 1.53 bits per heavy atom. The van der Waals surface area contributed by atoms with E-state index in [9.17, 15) is 30.7 Å². The number of benzene rings is 1. The van der Waals surface area contributed by atoms with Gasteiger partial charge in [-0.3, -0.25) is 0 Å². The summed E-state index contributed by atoms with van der Waals surface area (Å²) in [5.74, 6) is 4.53. The van der Waals surface area contributed by atoms with Crippen LogP contribution in [0.25, 0.3) is 16.9 Å². The van der Waals surface area contributed by atoms with Gasteiger partial charge in [-0.25, -0.2) is 14.5 Å². The van der Waals surface area contributed by atoms with Crippen LogP contribution >= 0.6 is 0 Å². The summed E-state index contributed by atoms with van der Waals surface area (Å²) in [6.45, 7) is 0. The first-order valence-corrected chi connectivity index (χ1v) is 8.79. The number of hydrogen-bond acceptors (Lipinski definition) is 3. The van der Waals surface area contributed by atoms with E-state index >= 15 is 0 Å². The number of alkyl halides is 6. The van der Waals surface area contributed by atoms with Crippen LogP contribution in [0.5, 0.6) is 0 Å². The van der Waals surface area contributed by atoms with E-state index in [0.29, 0.717) is 16.1 Å². The normalized spacial score (nSPS) is 12.0. The fraction of sp³-hybridized carbons (Fsp3) is 0.0952. The molecule has 4 aromatic rings. The van der Waals surface area contributed by atoms with Gasteiger partial charge in [0, 0.05) is 17.3 Å². The van der Waals surface area contributed by atoms with Crippen molar-refractivity contribution in [1.82, 2.24) is 19.6 Å². The molecule has 0 bridgehead atoms. The third kappa shape index (κ3) is 4.25. The van der Waals surface area contributed by atoms with Gasteiger partial charge in [0.15, 0.2) is 11.3 Å². The molecule has 0 saturated carbocycles. The largest absolute Gasteiger partial charge is 0.433 e. The van der Waals surface area contributed by atoms with Crippen LogP contribution in [-0.2, 0) is 12.4 Å². The topological polar surface area (TPSA) is 43.1 Å². The lowest BCUT2D eigenvalue weighted by atomic mass is 10.1. The first kappa shape index (κ1) is 21.3. The van der Waals surface area contributed by atoms with Gasteiger partial charge in [-0.15, -0.1) is 0 Å². The Morgan fingerprint density at radius 3 is 2.12 bits per heavy atom. The summed E-state index contributed by atoms with van der Waals surface area (Å²) in [5, 5.41) is 3.70. The summed E-state index contributed by atoms with van der Waals surface area (Å²) in [4.78, 5) is 7.57. The molecule has 162 valence electrons. The van der Waals surface area contributed by atoms with Crippen LogP contribution < -0.4 is 0 Å². The average Bonchev–Trinajstić information content (AvgIpc) is 3.14. The van der Waals surface area contributed by atoms with Gasteiger partial charge in [0.1, 0.15) is 0 Å². The Hall–Kier alpha value is -3.94. The molecule has 0 fully saturated rings. The van der Waals surface area contributed by atoms with E-state index in [0.717, 1.165) is 42.7 Å². The third-order valence-electron chi connectivity index (χ3n) is 4.34. The number of fused-ring (bicyclic) bond motifs is 1. The summed E-state index contributed by atoms with van der Waals surface area (Å²) in [6.07, 6.45) is -7.18. The van der Waals surface area contributed by atoms with Gasteiger partial charge >= 0.3 is 12.4 Å². The Bertz CT molecular complexity index is 1340. The number of hydrogen-bond donors (Lipinski definition) is 0. The molecule has 32 heavy (non-hydrogen) atoms. The molecule has 0 aliphatic rings. The summed E-state index contributed by atoms with van der Waals surface area (Å²) >= 11 is 0. The molecule has 0 saturated heterocycles. The van der Waals surface area contributed by atoms with Crippen molar-refractivity contribution in [2.45, 2.75) is 12.4 Å². The molecule has 0 atom stereocenters. The third-order valence-corrected chi connectivity index (χ3v) is 4.34. The number of halogens is 7. The minimum Gasteiger partial charge on any atom is -0.227 e. The van der Waals surface area contributed by atoms with Crippen LogP contribution in [0.2, 0.25) is 0 Å². The molecule has 11 heteroatoms. The van der Waals surface area contributed by atoms with Crippen molar-refractivity contribution in [1.29, 1.82) is 0 Å². The van der Waals surface area contributed by atoms with Gasteiger partial charge < -0.3 is 0 Å². The molecule has 0 spiro atoms. The smallest absolute Gasteiger partial charge is 0.227 e. The second kappa shape index (κ2) is 7.64. The fourth-order valence-electron chi connectivity index (χ4n) is 2.82. The first-order valence-electron chi connectivity index (χ1n) is 8.79. The van der Waals surface area contributed by atoms with Crippen LogP contribution in [0.15, 0.2) is 54.9 Å². The Balaban J connectivity index is 1.85. The highest BCUT2D eigenvalue weighted by atomic mass is 19.4. The van der Waals surface area contributed by atoms with Crippen molar-refractivity contribution in [3.8, 4) is 23.1 Å². The van der Waals surface area contributed by atoms with Crippen LogP contribution in [0.3, 0.4) is 0 Å². The van der Waals surface area contributed by atoms with Gasteiger partial charge in [0.25, 0.3) is 0 Å². The number of pyridine rings is 1. The number of aromatic nitrogens is 4. The highest BCUT2D eigenvalue weighted by Gasteiger charge is 2.36. The zero-order chi connectivity index (χ0) is 23.1. The maximum absolute atomic E-state index is 13.6. The maximum Gasteiger partial charge on any atom is 0.433 e. The average molecular weight is 450 g/mol. The van der Waals surface area contributed by atoms with Gasteiger partial charge in [-0.1, -0.05) is 24.0 Å². The van der Waals surface area contributed by atoms with Gasteiger partial charge in [-0.2, -0.15) is 35.8 Å². The Morgan fingerprint density at radius 1 is 0.812 bits per heavy atom. The van der Waals surface area contributed by atoms with Crippen LogP contribution in [0.4, 0.5) is 30.7 Å². The van der Waals surface area contributed by atoms with E-state index in [-0.39, 0.29) is 22.5 Å². The van der Waals surface area contributed by atoms with E-state index in [1.807, 2.05) is 0 Å². The lowest BCUT2D eigenvalue weighted by molar-refractivity contribution is -0.142. The van der Waals surface area contributed by atoms with Crippen LogP contribution in [0, 0.1) is 17.8 Å². The zero-order valence-electron chi connectivity index (χ0n) is 15.6. The van der Waals surface area contributed by atoms with Crippen LogP contribution in [-0.4, -0.2) is 19.6 Å². The summed E-state index contributed by atoms with van der Waals surface area (Å²) in [7, 11) is 0. The monoisotopic (exact) mass is 450 g/mol. The van der Waals surface area contributed by atoms with Crippen molar-refractivity contribution in [3.63, 3.8) is 0 Å².